The second kappa shape index (κ2) is 5.44. The summed E-state index contributed by atoms with van der Waals surface area (Å²) in [6.45, 7) is 4.90. The molecule has 4 heteroatoms. The van der Waals surface area contributed by atoms with E-state index in [2.05, 4.69) is 29.2 Å². The van der Waals surface area contributed by atoms with E-state index in [0.29, 0.717) is 24.2 Å². The molecule has 0 aromatic heterocycles. The van der Waals surface area contributed by atoms with Gasteiger partial charge in [-0.15, -0.1) is 0 Å². The first-order valence-electron chi connectivity index (χ1n) is 8.27. The Morgan fingerprint density at radius 2 is 2.09 bits per heavy atom. The molecule has 1 aromatic rings. The van der Waals surface area contributed by atoms with Crippen molar-refractivity contribution < 1.29 is 14.3 Å². The summed E-state index contributed by atoms with van der Waals surface area (Å²) < 4.78 is 12.0. The van der Waals surface area contributed by atoms with Crippen molar-refractivity contribution in [3.8, 4) is 0 Å². The highest BCUT2D eigenvalue weighted by atomic mass is 16.7. The van der Waals surface area contributed by atoms with Crippen molar-refractivity contribution in [1.29, 1.82) is 0 Å². The highest BCUT2D eigenvalue weighted by molar-refractivity contribution is 5.86. The fraction of sp³-hybridized carbons (Fsp3) is 0.611. The first-order chi connectivity index (χ1) is 10.6. The first-order valence-corrected chi connectivity index (χ1v) is 8.27. The summed E-state index contributed by atoms with van der Waals surface area (Å²) in [6, 6.07) is 10.8. The number of benzene rings is 1. The molecule has 3 saturated heterocycles. The van der Waals surface area contributed by atoms with Gasteiger partial charge in [-0.1, -0.05) is 30.3 Å². The van der Waals surface area contributed by atoms with Crippen LogP contribution in [0.4, 0.5) is 0 Å². The van der Waals surface area contributed by atoms with Crippen LogP contribution in [0.15, 0.2) is 30.3 Å². The molecule has 0 saturated carbocycles. The van der Waals surface area contributed by atoms with Crippen molar-refractivity contribution in [3.63, 3.8) is 0 Å². The standard InChI is InChI=1S/C18H23NO3/c1-11(2)21-18-13-8-14-15(20)9-16(22-18)17(13)19(14)10-12-6-4-3-5-7-12/h3-7,11,13-14,16-18H,8-10H2,1-2H3/t13-,14-,16?,17+,18-/m1/s1. The van der Waals surface area contributed by atoms with Gasteiger partial charge in [-0.25, -0.2) is 0 Å². The Bertz CT molecular complexity index is 559. The summed E-state index contributed by atoms with van der Waals surface area (Å²) in [5, 5.41) is 0. The van der Waals surface area contributed by atoms with Crippen LogP contribution in [-0.4, -0.2) is 41.3 Å². The minimum Gasteiger partial charge on any atom is -0.350 e. The predicted octanol–water partition coefficient (Wildman–Crippen LogP) is 2.37. The predicted molar refractivity (Wildman–Crippen MR) is 82.2 cm³/mol. The van der Waals surface area contributed by atoms with Crippen molar-refractivity contribution in [2.45, 2.75) is 63.8 Å². The number of nitrogens with zero attached hydrogens (tertiary/aromatic N) is 1. The van der Waals surface area contributed by atoms with Crippen LogP contribution in [0.2, 0.25) is 0 Å². The van der Waals surface area contributed by atoms with E-state index >= 15 is 0 Å². The zero-order chi connectivity index (χ0) is 15.3. The van der Waals surface area contributed by atoms with Gasteiger partial charge >= 0.3 is 0 Å². The van der Waals surface area contributed by atoms with E-state index in [-0.39, 0.29) is 24.5 Å². The van der Waals surface area contributed by atoms with E-state index in [0.717, 1.165) is 13.0 Å². The number of carbonyl (C=O) groups is 1. The lowest BCUT2D eigenvalue weighted by molar-refractivity contribution is -0.180. The molecule has 4 rings (SSSR count). The maximum absolute atomic E-state index is 12.4. The van der Waals surface area contributed by atoms with E-state index in [1.165, 1.54) is 5.56 Å². The van der Waals surface area contributed by atoms with Crippen molar-refractivity contribution in [3.05, 3.63) is 35.9 Å². The maximum Gasteiger partial charge on any atom is 0.162 e. The van der Waals surface area contributed by atoms with Gasteiger partial charge in [-0.05, 0) is 25.8 Å². The van der Waals surface area contributed by atoms with Crippen LogP contribution in [0.25, 0.3) is 0 Å². The Balaban J connectivity index is 1.58. The summed E-state index contributed by atoms with van der Waals surface area (Å²) in [4.78, 5) is 14.8. The lowest BCUT2D eigenvalue weighted by atomic mass is 9.96. The van der Waals surface area contributed by atoms with E-state index in [1.54, 1.807) is 0 Å². The molecule has 0 N–H and O–H groups in total. The summed E-state index contributed by atoms with van der Waals surface area (Å²) in [5.41, 5.74) is 1.26. The van der Waals surface area contributed by atoms with Crippen molar-refractivity contribution >= 4 is 5.78 Å². The van der Waals surface area contributed by atoms with Crippen molar-refractivity contribution in [2.24, 2.45) is 5.92 Å². The largest absolute Gasteiger partial charge is 0.350 e. The van der Waals surface area contributed by atoms with Crippen LogP contribution in [0.5, 0.6) is 0 Å². The third-order valence-electron chi connectivity index (χ3n) is 5.15. The van der Waals surface area contributed by atoms with Crippen molar-refractivity contribution in [2.75, 3.05) is 0 Å². The number of ketones is 1. The Morgan fingerprint density at radius 1 is 1.32 bits per heavy atom. The summed E-state index contributed by atoms with van der Waals surface area (Å²) in [7, 11) is 0. The molecule has 3 heterocycles. The summed E-state index contributed by atoms with van der Waals surface area (Å²) >= 11 is 0. The summed E-state index contributed by atoms with van der Waals surface area (Å²) in [5.74, 6) is 0.662. The molecule has 1 unspecified atom stereocenters. The Hall–Kier alpha value is -1.23. The Kier molecular flexibility index (Phi) is 3.56. The van der Waals surface area contributed by atoms with E-state index in [4.69, 9.17) is 9.47 Å². The van der Waals surface area contributed by atoms with E-state index in [9.17, 15) is 4.79 Å². The van der Waals surface area contributed by atoms with Gasteiger partial charge in [0.2, 0.25) is 0 Å². The molecule has 22 heavy (non-hydrogen) atoms. The van der Waals surface area contributed by atoms with Crippen LogP contribution in [0.1, 0.15) is 32.3 Å². The van der Waals surface area contributed by atoms with E-state index < -0.39 is 0 Å². The molecule has 0 radical (unpaired) electrons. The smallest absolute Gasteiger partial charge is 0.162 e. The molecule has 5 atom stereocenters. The SMILES string of the molecule is CC(C)O[C@@H]1OC2CC(=O)[C@H]3C[C@@H]1[C@@H]2N3Cc1ccccc1. The third kappa shape index (κ3) is 2.30. The number of hydrogen-bond acceptors (Lipinski definition) is 4. The monoisotopic (exact) mass is 301 g/mol. The lowest BCUT2D eigenvalue weighted by Crippen LogP contribution is -2.51. The van der Waals surface area contributed by atoms with Gasteiger partial charge in [-0.2, -0.15) is 0 Å². The molecule has 0 aliphatic carbocycles. The second-order valence-electron chi connectivity index (χ2n) is 6.96. The van der Waals surface area contributed by atoms with E-state index in [1.807, 2.05) is 19.9 Å². The molecule has 3 aliphatic heterocycles. The highest BCUT2D eigenvalue weighted by Gasteiger charge is 2.60. The molecule has 0 amide bonds. The Morgan fingerprint density at radius 3 is 2.82 bits per heavy atom. The average molecular weight is 301 g/mol. The summed E-state index contributed by atoms with van der Waals surface area (Å²) in [6.07, 6.45) is 1.44. The molecule has 2 bridgehead atoms. The van der Waals surface area contributed by atoms with Gasteiger partial charge in [0, 0.05) is 24.9 Å². The minimum absolute atomic E-state index is 0.00344. The number of piperidine rings is 1. The molecular formula is C18H23NO3. The maximum atomic E-state index is 12.4. The zero-order valence-electron chi connectivity index (χ0n) is 13.1. The van der Waals surface area contributed by atoms with Gasteiger partial charge in [0.05, 0.1) is 18.2 Å². The Labute approximate surface area is 131 Å². The lowest BCUT2D eigenvalue weighted by Gasteiger charge is -2.36. The van der Waals surface area contributed by atoms with Gasteiger partial charge in [0.1, 0.15) is 0 Å². The molecule has 4 nitrogen and oxygen atoms in total. The van der Waals surface area contributed by atoms with Crippen LogP contribution in [0, 0.1) is 5.92 Å². The number of ether oxygens (including phenoxy) is 2. The fourth-order valence-electron chi connectivity index (χ4n) is 4.33. The molecule has 0 spiro atoms. The third-order valence-corrected chi connectivity index (χ3v) is 5.15. The molecule has 3 aliphatic rings. The molecular weight excluding hydrogens is 278 g/mol. The first kappa shape index (κ1) is 14.4. The van der Waals surface area contributed by atoms with Gasteiger partial charge in [0.15, 0.2) is 12.1 Å². The van der Waals surface area contributed by atoms with Gasteiger partial charge in [-0.3, -0.25) is 9.69 Å². The second-order valence-corrected chi connectivity index (χ2v) is 6.96. The van der Waals surface area contributed by atoms with Gasteiger partial charge < -0.3 is 9.47 Å². The molecule has 1 aromatic carbocycles. The molecule has 118 valence electrons. The van der Waals surface area contributed by atoms with Crippen LogP contribution in [-0.2, 0) is 20.8 Å². The molecule has 3 fully saturated rings. The number of carbonyl (C=O) groups excluding carboxylic acids is 1. The number of Topliss-reactive ketones (excluding diaryl/α,β-unsaturated/α-hetero) is 1. The van der Waals surface area contributed by atoms with Crippen LogP contribution in [0.3, 0.4) is 0 Å². The number of hydrogen-bond donors (Lipinski definition) is 0. The van der Waals surface area contributed by atoms with Crippen LogP contribution < -0.4 is 0 Å². The average Bonchev–Trinajstić information content (AvgIpc) is 2.95. The zero-order valence-corrected chi connectivity index (χ0v) is 13.1. The normalized spacial score (nSPS) is 37.2. The van der Waals surface area contributed by atoms with Crippen molar-refractivity contribution in [1.82, 2.24) is 4.90 Å². The van der Waals surface area contributed by atoms with Gasteiger partial charge in [0.25, 0.3) is 0 Å². The van der Waals surface area contributed by atoms with Crippen LogP contribution >= 0.6 is 0 Å². The number of rotatable bonds is 4. The minimum atomic E-state index is -0.147. The fourth-order valence-corrected chi connectivity index (χ4v) is 4.33. The number of fused-ring (bicyclic) bond motifs is 1. The quantitative estimate of drug-likeness (QED) is 0.856. The topological polar surface area (TPSA) is 38.8 Å². The highest BCUT2D eigenvalue weighted by Crippen LogP contribution is 2.48.